The van der Waals surface area contributed by atoms with Gasteiger partial charge in [-0.05, 0) is 26.7 Å². The Morgan fingerprint density at radius 1 is 1.14 bits per heavy atom. The predicted octanol–water partition coefficient (Wildman–Crippen LogP) is 1.89. The van der Waals surface area contributed by atoms with Gasteiger partial charge in [0.2, 0.25) is 5.95 Å². The van der Waals surface area contributed by atoms with Gasteiger partial charge in [0, 0.05) is 25.0 Å². The summed E-state index contributed by atoms with van der Waals surface area (Å²) in [6, 6.07) is 0.505. The number of hydrogen-bond donors (Lipinski definition) is 1. The lowest BCUT2D eigenvalue weighted by Crippen LogP contribution is -2.42. The van der Waals surface area contributed by atoms with Gasteiger partial charge in [0.1, 0.15) is 11.9 Å². The Hall–Kier alpha value is -1.27. The van der Waals surface area contributed by atoms with E-state index in [4.69, 9.17) is 10.5 Å². The minimum atomic E-state index is -0.0911. The van der Waals surface area contributed by atoms with Gasteiger partial charge in [-0.15, -0.1) is 0 Å². The lowest BCUT2D eigenvalue weighted by Gasteiger charge is -2.34. The van der Waals surface area contributed by atoms with Crippen LogP contribution in [0.1, 0.15) is 63.2 Å². The number of nitrogens with zero attached hydrogens (tertiary/aromatic N) is 4. The molecule has 2 heterocycles. The Morgan fingerprint density at radius 2 is 1.86 bits per heavy atom. The molecule has 1 unspecified atom stereocenters. The van der Waals surface area contributed by atoms with Crippen molar-refractivity contribution in [3.05, 3.63) is 11.6 Å². The van der Waals surface area contributed by atoms with E-state index >= 15 is 0 Å². The quantitative estimate of drug-likeness (QED) is 0.916. The van der Waals surface area contributed by atoms with Crippen LogP contribution in [-0.2, 0) is 4.74 Å². The molecule has 0 spiro atoms. The third kappa shape index (κ3) is 3.32. The highest BCUT2D eigenvalue weighted by atomic mass is 16.5. The lowest BCUT2D eigenvalue weighted by atomic mass is 10.1. The van der Waals surface area contributed by atoms with Crippen LogP contribution in [0.4, 0.5) is 5.95 Å². The summed E-state index contributed by atoms with van der Waals surface area (Å²) in [4.78, 5) is 15.7. The smallest absolute Gasteiger partial charge is 0.223 e. The number of aromatic nitrogens is 3. The molecule has 6 heteroatoms. The van der Waals surface area contributed by atoms with Crippen molar-refractivity contribution < 1.29 is 4.74 Å². The first kappa shape index (κ1) is 14.7. The third-order valence-corrected chi connectivity index (χ3v) is 4.52. The minimum absolute atomic E-state index is 0.0911. The number of nitrogen functional groups attached to an aromatic ring is 1. The largest absolute Gasteiger partial charge is 0.368 e. The first-order valence-corrected chi connectivity index (χ1v) is 8.00. The second-order valence-electron chi connectivity index (χ2n) is 6.34. The topological polar surface area (TPSA) is 77.2 Å². The molecule has 1 saturated heterocycles. The third-order valence-electron chi connectivity index (χ3n) is 4.52. The zero-order valence-corrected chi connectivity index (χ0v) is 13.0. The number of anilines is 1. The van der Waals surface area contributed by atoms with Crippen LogP contribution in [0.15, 0.2) is 0 Å². The van der Waals surface area contributed by atoms with Crippen LogP contribution in [0.25, 0.3) is 0 Å². The molecule has 0 amide bonds. The monoisotopic (exact) mass is 291 g/mol. The Morgan fingerprint density at radius 3 is 2.57 bits per heavy atom. The van der Waals surface area contributed by atoms with E-state index in [1.54, 1.807) is 0 Å². The summed E-state index contributed by atoms with van der Waals surface area (Å²) in [5.41, 5.74) is 5.90. The van der Waals surface area contributed by atoms with Gasteiger partial charge >= 0.3 is 0 Å². The van der Waals surface area contributed by atoms with Crippen LogP contribution in [0, 0.1) is 0 Å². The molecule has 2 N–H and O–H groups in total. The second-order valence-corrected chi connectivity index (χ2v) is 6.34. The summed E-state index contributed by atoms with van der Waals surface area (Å²) in [5, 5.41) is 0. The molecule has 1 aliphatic carbocycles. The standard InChI is InChI=1S/C15H25N5O/c1-10(2)20-7-8-21-12(9-20)14-17-13(18-15(16)19-14)11-5-3-4-6-11/h10-12H,3-9H2,1-2H3,(H2,16,17,18,19). The van der Waals surface area contributed by atoms with Gasteiger partial charge in [-0.1, -0.05) is 12.8 Å². The van der Waals surface area contributed by atoms with Gasteiger partial charge in [0.25, 0.3) is 0 Å². The second kappa shape index (κ2) is 6.23. The first-order chi connectivity index (χ1) is 10.1. The number of rotatable bonds is 3. The summed E-state index contributed by atoms with van der Waals surface area (Å²) in [6.45, 7) is 6.91. The molecule has 0 radical (unpaired) electrons. The van der Waals surface area contributed by atoms with Crippen molar-refractivity contribution in [1.29, 1.82) is 0 Å². The van der Waals surface area contributed by atoms with Crippen molar-refractivity contribution in [2.45, 2.75) is 57.6 Å². The SMILES string of the molecule is CC(C)N1CCOC(c2nc(N)nc(C3CCCC3)n2)C1. The zero-order chi connectivity index (χ0) is 14.8. The highest BCUT2D eigenvalue weighted by Crippen LogP contribution is 2.33. The van der Waals surface area contributed by atoms with Crippen molar-refractivity contribution >= 4 is 5.95 Å². The molecular weight excluding hydrogens is 266 g/mol. The molecule has 1 aliphatic heterocycles. The van der Waals surface area contributed by atoms with E-state index < -0.39 is 0 Å². The summed E-state index contributed by atoms with van der Waals surface area (Å²) in [6.07, 6.45) is 4.74. The predicted molar refractivity (Wildman–Crippen MR) is 80.9 cm³/mol. The van der Waals surface area contributed by atoms with Gasteiger partial charge in [-0.3, -0.25) is 4.90 Å². The molecular formula is C15H25N5O. The normalized spacial score (nSPS) is 24.8. The highest BCUT2D eigenvalue weighted by molar-refractivity contribution is 5.19. The van der Waals surface area contributed by atoms with E-state index in [-0.39, 0.29) is 6.10 Å². The Labute approximate surface area is 126 Å². The first-order valence-electron chi connectivity index (χ1n) is 8.00. The fourth-order valence-corrected chi connectivity index (χ4v) is 3.23. The maximum absolute atomic E-state index is 5.90. The molecule has 2 fully saturated rings. The van der Waals surface area contributed by atoms with E-state index in [9.17, 15) is 0 Å². The Balaban J connectivity index is 1.80. The molecule has 3 rings (SSSR count). The van der Waals surface area contributed by atoms with Crippen molar-refractivity contribution in [3.63, 3.8) is 0 Å². The molecule has 116 valence electrons. The summed E-state index contributed by atoms with van der Waals surface area (Å²) in [7, 11) is 0. The lowest BCUT2D eigenvalue weighted by molar-refractivity contribution is -0.0444. The molecule has 1 saturated carbocycles. The fraction of sp³-hybridized carbons (Fsp3) is 0.800. The summed E-state index contributed by atoms with van der Waals surface area (Å²) < 4.78 is 5.87. The van der Waals surface area contributed by atoms with Crippen molar-refractivity contribution in [2.75, 3.05) is 25.4 Å². The number of morpholine rings is 1. The molecule has 0 bridgehead atoms. The van der Waals surface area contributed by atoms with Gasteiger partial charge in [0.05, 0.1) is 6.61 Å². The van der Waals surface area contributed by atoms with Gasteiger partial charge in [-0.25, -0.2) is 4.98 Å². The van der Waals surface area contributed by atoms with Crippen LogP contribution in [0.3, 0.4) is 0 Å². The van der Waals surface area contributed by atoms with Gasteiger partial charge in [-0.2, -0.15) is 9.97 Å². The van der Waals surface area contributed by atoms with Crippen molar-refractivity contribution in [2.24, 2.45) is 0 Å². The van der Waals surface area contributed by atoms with Crippen LogP contribution in [0.2, 0.25) is 0 Å². The Kier molecular flexibility index (Phi) is 4.35. The molecule has 1 aromatic rings. The number of nitrogens with two attached hydrogens (primary N) is 1. The maximum atomic E-state index is 5.90. The van der Waals surface area contributed by atoms with Crippen molar-refractivity contribution in [1.82, 2.24) is 19.9 Å². The zero-order valence-electron chi connectivity index (χ0n) is 13.0. The molecule has 6 nitrogen and oxygen atoms in total. The van der Waals surface area contributed by atoms with Crippen LogP contribution in [0.5, 0.6) is 0 Å². The molecule has 1 aromatic heterocycles. The maximum Gasteiger partial charge on any atom is 0.223 e. The highest BCUT2D eigenvalue weighted by Gasteiger charge is 2.28. The van der Waals surface area contributed by atoms with E-state index in [0.29, 0.717) is 30.3 Å². The van der Waals surface area contributed by atoms with Crippen molar-refractivity contribution in [3.8, 4) is 0 Å². The van der Waals surface area contributed by atoms with E-state index in [1.165, 1.54) is 12.8 Å². The average Bonchev–Trinajstić information content (AvgIpc) is 3.01. The number of ether oxygens (including phenoxy) is 1. The van der Waals surface area contributed by atoms with Crippen LogP contribution in [-0.4, -0.2) is 45.6 Å². The Bertz CT molecular complexity index is 487. The van der Waals surface area contributed by atoms with Crippen LogP contribution < -0.4 is 5.73 Å². The minimum Gasteiger partial charge on any atom is -0.368 e. The van der Waals surface area contributed by atoms with Gasteiger partial charge < -0.3 is 10.5 Å². The molecule has 2 aliphatic rings. The van der Waals surface area contributed by atoms with E-state index in [1.807, 2.05) is 0 Å². The summed E-state index contributed by atoms with van der Waals surface area (Å²) in [5.74, 6) is 2.33. The van der Waals surface area contributed by atoms with Crippen LogP contribution >= 0.6 is 0 Å². The fourth-order valence-electron chi connectivity index (χ4n) is 3.23. The number of hydrogen-bond acceptors (Lipinski definition) is 6. The molecule has 21 heavy (non-hydrogen) atoms. The average molecular weight is 291 g/mol. The molecule has 0 aromatic carbocycles. The van der Waals surface area contributed by atoms with E-state index in [0.717, 1.165) is 31.8 Å². The van der Waals surface area contributed by atoms with E-state index in [2.05, 4.69) is 33.7 Å². The molecule has 1 atom stereocenters. The van der Waals surface area contributed by atoms with Gasteiger partial charge in [0.15, 0.2) is 5.82 Å². The summed E-state index contributed by atoms with van der Waals surface area (Å²) >= 11 is 0.